The van der Waals surface area contributed by atoms with Gasteiger partial charge in [-0.15, -0.1) is 0 Å². The van der Waals surface area contributed by atoms with Crippen LogP contribution in [-0.2, 0) is 9.59 Å². The molecule has 1 amide bonds. The second-order valence-electron chi connectivity index (χ2n) is 5.54. The van der Waals surface area contributed by atoms with Crippen molar-refractivity contribution in [1.82, 2.24) is 5.32 Å². The zero-order valence-corrected chi connectivity index (χ0v) is 12.9. The van der Waals surface area contributed by atoms with Gasteiger partial charge in [-0.3, -0.25) is 9.59 Å². The van der Waals surface area contributed by atoms with E-state index in [2.05, 4.69) is 5.32 Å². The summed E-state index contributed by atoms with van der Waals surface area (Å²) in [6.07, 6.45) is 7.54. The van der Waals surface area contributed by atoms with Gasteiger partial charge in [-0.2, -0.15) is 0 Å². The molecule has 0 fully saturated rings. The number of ketones is 1. The van der Waals surface area contributed by atoms with Crippen LogP contribution in [-0.4, -0.2) is 21.6 Å². The number of alkyl halides is 2. The molecule has 1 unspecified atom stereocenters. The molecule has 0 spiro atoms. The van der Waals surface area contributed by atoms with Gasteiger partial charge in [0.25, 0.3) is 0 Å². The fourth-order valence-electron chi connectivity index (χ4n) is 2.13. The van der Waals surface area contributed by atoms with Crippen molar-refractivity contribution >= 4 is 34.9 Å². The quantitative estimate of drug-likeness (QED) is 0.793. The maximum Gasteiger partial charge on any atom is 0.221 e. The summed E-state index contributed by atoms with van der Waals surface area (Å²) in [6.45, 7) is 5.14. The van der Waals surface area contributed by atoms with E-state index < -0.39 is 9.87 Å². The lowest BCUT2D eigenvalue weighted by Crippen LogP contribution is -2.45. The molecule has 0 aromatic rings. The Kier molecular flexibility index (Phi) is 5.22. The topological polar surface area (TPSA) is 46.2 Å². The lowest BCUT2D eigenvalue weighted by Gasteiger charge is -2.29. The minimum Gasteiger partial charge on any atom is -0.351 e. The molecule has 0 saturated carbocycles. The average molecular weight is 304 g/mol. The number of Topliss-reactive ketones (excluding diaryl/α,β-unsaturated/α-hetero) is 1. The zero-order chi connectivity index (χ0) is 14.7. The number of rotatable bonds is 5. The fourth-order valence-corrected chi connectivity index (χ4v) is 2.58. The molecule has 106 valence electrons. The van der Waals surface area contributed by atoms with Crippen molar-refractivity contribution in [3.8, 4) is 0 Å². The highest BCUT2D eigenvalue weighted by Gasteiger charge is 2.34. The molecule has 3 nitrogen and oxygen atoms in total. The minimum absolute atomic E-state index is 0.0369. The highest BCUT2D eigenvalue weighted by atomic mass is 35.5. The van der Waals surface area contributed by atoms with E-state index in [1.54, 1.807) is 12.2 Å². The van der Waals surface area contributed by atoms with E-state index in [-0.39, 0.29) is 24.0 Å². The van der Waals surface area contributed by atoms with Crippen LogP contribution >= 0.6 is 23.2 Å². The predicted octanol–water partition coefficient (Wildman–Crippen LogP) is 3.17. The predicted molar refractivity (Wildman–Crippen MR) is 78.3 cm³/mol. The van der Waals surface area contributed by atoms with Crippen LogP contribution in [0.3, 0.4) is 0 Å². The molecule has 1 atom stereocenters. The van der Waals surface area contributed by atoms with Crippen molar-refractivity contribution in [3.05, 3.63) is 24.3 Å². The van der Waals surface area contributed by atoms with Gasteiger partial charge < -0.3 is 5.32 Å². The van der Waals surface area contributed by atoms with Crippen molar-refractivity contribution in [2.45, 2.75) is 43.5 Å². The molecule has 0 radical (unpaired) electrons. The summed E-state index contributed by atoms with van der Waals surface area (Å²) >= 11 is 12.3. The summed E-state index contributed by atoms with van der Waals surface area (Å²) in [5.74, 6) is -0.398. The number of carbonyl (C=O) groups is 2. The van der Waals surface area contributed by atoms with Gasteiger partial charge in [-0.25, -0.2) is 0 Å². The van der Waals surface area contributed by atoms with Gasteiger partial charge in [-0.05, 0) is 26.8 Å². The standard InChI is InChI=1S/C14H19Cl2NO2/c1-10(18)9-13(2,3)17-12(19)8-11-6-4-5-7-14(11,15)16/h4-7,11H,8-9H2,1-3H3,(H,17,19). The Morgan fingerprint density at radius 2 is 1.95 bits per heavy atom. The van der Waals surface area contributed by atoms with Crippen molar-refractivity contribution < 1.29 is 9.59 Å². The van der Waals surface area contributed by atoms with Crippen LogP contribution in [0.15, 0.2) is 24.3 Å². The fraction of sp³-hybridized carbons (Fsp3) is 0.571. The Morgan fingerprint density at radius 1 is 1.32 bits per heavy atom. The molecule has 0 aliphatic heterocycles. The Balaban J connectivity index is 2.59. The van der Waals surface area contributed by atoms with E-state index in [1.807, 2.05) is 26.0 Å². The molecular weight excluding hydrogens is 285 g/mol. The first-order valence-corrected chi connectivity index (χ1v) is 6.92. The number of halogens is 2. The summed E-state index contributed by atoms with van der Waals surface area (Å²) in [6, 6.07) is 0. The van der Waals surface area contributed by atoms with Gasteiger partial charge in [0.1, 0.15) is 10.1 Å². The lowest BCUT2D eigenvalue weighted by molar-refractivity contribution is -0.124. The van der Waals surface area contributed by atoms with Crippen LogP contribution in [0, 0.1) is 5.92 Å². The molecule has 5 heteroatoms. The number of nitrogens with one attached hydrogen (secondary N) is 1. The Bertz CT molecular complexity index is 425. The van der Waals surface area contributed by atoms with E-state index in [1.165, 1.54) is 6.92 Å². The summed E-state index contributed by atoms with van der Waals surface area (Å²) in [5.41, 5.74) is -0.557. The molecule has 1 aliphatic rings. The molecule has 0 aromatic heterocycles. The summed E-state index contributed by atoms with van der Waals surface area (Å²) in [5, 5.41) is 2.84. The third-order valence-corrected chi connectivity index (χ3v) is 3.65. The Hall–Kier alpha value is -0.800. The monoisotopic (exact) mass is 303 g/mol. The van der Waals surface area contributed by atoms with E-state index in [9.17, 15) is 9.59 Å². The molecular formula is C14H19Cl2NO2. The first-order chi connectivity index (χ1) is 8.62. The van der Waals surface area contributed by atoms with Crippen LogP contribution in [0.5, 0.6) is 0 Å². The van der Waals surface area contributed by atoms with E-state index in [4.69, 9.17) is 23.2 Å². The van der Waals surface area contributed by atoms with Crippen LogP contribution in [0.4, 0.5) is 0 Å². The van der Waals surface area contributed by atoms with Crippen molar-refractivity contribution in [2.24, 2.45) is 5.92 Å². The highest BCUT2D eigenvalue weighted by Crippen LogP contribution is 2.37. The number of hydrogen-bond acceptors (Lipinski definition) is 2. The summed E-state index contributed by atoms with van der Waals surface area (Å²) in [7, 11) is 0. The first kappa shape index (κ1) is 16.3. The van der Waals surface area contributed by atoms with Gasteiger partial charge in [0.15, 0.2) is 0 Å². The van der Waals surface area contributed by atoms with Crippen LogP contribution < -0.4 is 5.32 Å². The number of carbonyl (C=O) groups excluding carboxylic acids is 2. The third kappa shape index (κ3) is 5.37. The SMILES string of the molecule is CC(=O)CC(C)(C)NC(=O)CC1C=CC=CC1(Cl)Cl. The summed E-state index contributed by atoms with van der Waals surface area (Å²) in [4.78, 5) is 23.1. The van der Waals surface area contributed by atoms with E-state index in [0.717, 1.165) is 0 Å². The van der Waals surface area contributed by atoms with Gasteiger partial charge in [0.2, 0.25) is 5.91 Å². The van der Waals surface area contributed by atoms with Crippen molar-refractivity contribution in [1.29, 1.82) is 0 Å². The summed E-state index contributed by atoms with van der Waals surface area (Å²) < 4.78 is -1.06. The third-order valence-electron chi connectivity index (χ3n) is 2.84. The van der Waals surface area contributed by atoms with Gasteiger partial charge >= 0.3 is 0 Å². The Labute approximate surface area is 124 Å². The highest BCUT2D eigenvalue weighted by molar-refractivity contribution is 6.50. The van der Waals surface area contributed by atoms with Gasteiger partial charge in [-0.1, -0.05) is 41.4 Å². The molecule has 1 N–H and O–H groups in total. The molecule has 19 heavy (non-hydrogen) atoms. The zero-order valence-electron chi connectivity index (χ0n) is 11.4. The van der Waals surface area contributed by atoms with Gasteiger partial charge in [0.05, 0.1) is 0 Å². The van der Waals surface area contributed by atoms with Crippen LogP contribution in [0.1, 0.15) is 33.6 Å². The van der Waals surface area contributed by atoms with E-state index in [0.29, 0.717) is 6.42 Å². The number of amides is 1. The van der Waals surface area contributed by atoms with Crippen molar-refractivity contribution in [3.63, 3.8) is 0 Å². The minimum atomic E-state index is -1.06. The van der Waals surface area contributed by atoms with Gasteiger partial charge in [0, 0.05) is 24.3 Å². The Morgan fingerprint density at radius 3 is 2.47 bits per heavy atom. The molecule has 0 heterocycles. The molecule has 0 bridgehead atoms. The first-order valence-electron chi connectivity index (χ1n) is 6.17. The average Bonchev–Trinajstić information content (AvgIpc) is 2.17. The molecule has 1 aliphatic carbocycles. The van der Waals surface area contributed by atoms with Crippen LogP contribution in [0.25, 0.3) is 0 Å². The molecule has 0 aromatic carbocycles. The van der Waals surface area contributed by atoms with Crippen LogP contribution in [0.2, 0.25) is 0 Å². The second kappa shape index (κ2) is 6.10. The molecule has 0 saturated heterocycles. The second-order valence-corrected chi connectivity index (χ2v) is 6.98. The lowest BCUT2D eigenvalue weighted by atomic mass is 9.93. The maximum absolute atomic E-state index is 12.0. The maximum atomic E-state index is 12.0. The number of allylic oxidation sites excluding steroid dienone is 4. The smallest absolute Gasteiger partial charge is 0.221 e. The number of hydrogen-bond donors (Lipinski definition) is 1. The van der Waals surface area contributed by atoms with E-state index >= 15 is 0 Å². The molecule has 1 rings (SSSR count). The normalized spacial score (nSPS) is 21.2. The largest absolute Gasteiger partial charge is 0.351 e. The van der Waals surface area contributed by atoms with Crippen molar-refractivity contribution in [2.75, 3.05) is 0 Å².